The summed E-state index contributed by atoms with van der Waals surface area (Å²) in [6.07, 6.45) is 1.20. The number of rotatable bonds is 3. The molecule has 0 saturated carbocycles. The summed E-state index contributed by atoms with van der Waals surface area (Å²) >= 11 is 0. The fourth-order valence-electron chi connectivity index (χ4n) is 2.41. The highest BCUT2D eigenvalue weighted by Crippen LogP contribution is 2.21. The number of aliphatic carboxylic acids is 1. The van der Waals surface area contributed by atoms with E-state index in [4.69, 9.17) is 0 Å². The smallest absolute Gasteiger partial charge is 0.326 e. The van der Waals surface area contributed by atoms with Gasteiger partial charge < -0.3 is 20.6 Å². The normalized spacial score (nSPS) is 18.0. The maximum Gasteiger partial charge on any atom is 0.326 e. The van der Waals surface area contributed by atoms with Gasteiger partial charge in [-0.05, 0) is 18.3 Å². The maximum absolute atomic E-state index is 12.2. The first-order valence-corrected chi connectivity index (χ1v) is 7.16. The zero-order valence-electron chi connectivity index (χ0n) is 13.1. The van der Waals surface area contributed by atoms with Crippen molar-refractivity contribution >= 4 is 17.9 Å². The van der Waals surface area contributed by atoms with Crippen LogP contribution >= 0.6 is 0 Å². The van der Waals surface area contributed by atoms with E-state index in [-0.39, 0.29) is 17.9 Å². The van der Waals surface area contributed by atoms with E-state index in [0.717, 1.165) is 0 Å². The van der Waals surface area contributed by atoms with E-state index in [1.165, 1.54) is 0 Å². The third-order valence-corrected chi connectivity index (χ3v) is 3.78. The first-order chi connectivity index (χ1) is 9.66. The Morgan fingerprint density at radius 1 is 1.19 bits per heavy atom. The first kappa shape index (κ1) is 17.3. The van der Waals surface area contributed by atoms with E-state index < -0.39 is 17.4 Å². The van der Waals surface area contributed by atoms with E-state index in [1.54, 1.807) is 32.7 Å². The molecule has 3 amide bonds. The van der Waals surface area contributed by atoms with Crippen LogP contribution in [0.3, 0.4) is 0 Å². The molecule has 0 aromatic heterocycles. The van der Waals surface area contributed by atoms with E-state index in [0.29, 0.717) is 25.9 Å². The molecule has 1 fully saturated rings. The number of carbonyl (C=O) groups is 3. The summed E-state index contributed by atoms with van der Waals surface area (Å²) in [4.78, 5) is 36.5. The minimum Gasteiger partial charge on any atom is -0.480 e. The lowest BCUT2D eigenvalue weighted by atomic mass is 9.87. The molecule has 0 aromatic rings. The quantitative estimate of drug-likeness (QED) is 0.712. The number of carbonyl (C=O) groups excluding carboxylic acids is 2. The molecule has 7 nitrogen and oxygen atoms in total. The van der Waals surface area contributed by atoms with Gasteiger partial charge in [0.05, 0.1) is 0 Å². The average Bonchev–Trinajstić information content (AvgIpc) is 2.42. The molecule has 0 bridgehead atoms. The molecule has 0 radical (unpaired) electrons. The molecule has 1 rings (SSSR count). The summed E-state index contributed by atoms with van der Waals surface area (Å²) in [5.74, 6) is -1.12. The third kappa shape index (κ3) is 4.61. The van der Waals surface area contributed by atoms with Crippen LogP contribution < -0.4 is 10.6 Å². The van der Waals surface area contributed by atoms with Crippen molar-refractivity contribution in [2.24, 2.45) is 11.3 Å². The van der Waals surface area contributed by atoms with Crippen LogP contribution in [-0.2, 0) is 9.59 Å². The summed E-state index contributed by atoms with van der Waals surface area (Å²) in [7, 11) is 1.60. The molecule has 0 spiro atoms. The Bertz CT molecular complexity index is 409. The zero-order valence-corrected chi connectivity index (χ0v) is 13.1. The molecule has 1 aliphatic heterocycles. The average molecular weight is 299 g/mol. The van der Waals surface area contributed by atoms with Crippen LogP contribution in [0.2, 0.25) is 0 Å². The molecule has 0 aromatic carbocycles. The lowest BCUT2D eigenvalue weighted by Gasteiger charge is -2.34. The highest BCUT2D eigenvalue weighted by Gasteiger charge is 2.35. The van der Waals surface area contributed by atoms with Crippen molar-refractivity contribution in [2.75, 3.05) is 20.1 Å². The van der Waals surface area contributed by atoms with Gasteiger partial charge in [0.15, 0.2) is 0 Å². The van der Waals surface area contributed by atoms with Gasteiger partial charge in [-0.3, -0.25) is 4.79 Å². The van der Waals surface area contributed by atoms with E-state index in [1.807, 2.05) is 0 Å². The number of carboxylic acids is 1. The van der Waals surface area contributed by atoms with Gasteiger partial charge in [0, 0.05) is 26.1 Å². The van der Waals surface area contributed by atoms with Gasteiger partial charge in [0.1, 0.15) is 6.04 Å². The molecule has 7 heteroatoms. The summed E-state index contributed by atoms with van der Waals surface area (Å²) < 4.78 is 0. The van der Waals surface area contributed by atoms with Crippen molar-refractivity contribution in [1.82, 2.24) is 15.5 Å². The number of piperidine rings is 1. The van der Waals surface area contributed by atoms with E-state index in [9.17, 15) is 19.5 Å². The number of nitrogens with one attached hydrogen (secondary N) is 2. The van der Waals surface area contributed by atoms with Crippen molar-refractivity contribution in [1.29, 1.82) is 0 Å². The second-order valence-corrected chi connectivity index (χ2v) is 6.46. The highest BCUT2D eigenvalue weighted by atomic mass is 16.4. The standard InChI is InChI=1S/C14H25N3O4/c1-14(2,3)10(12(19)20)16-13(21)17-7-5-9(6-8-17)11(18)15-4/h9-10H,5-8H2,1-4H3,(H,15,18)(H,16,21)(H,19,20). The van der Waals surface area contributed by atoms with Crippen LogP contribution in [-0.4, -0.2) is 54.1 Å². The summed E-state index contributed by atoms with van der Waals surface area (Å²) in [6.45, 7) is 6.22. The summed E-state index contributed by atoms with van der Waals surface area (Å²) in [5, 5.41) is 14.4. The third-order valence-electron chi connectivity index (χ3n) is 3.78. The number of hydrogen-bond donors (Lipinski definition) is 3. The van der Waals surface area contributed by atoms with Crippen molar-refractivity contribution in [3.8, 4) is 0 Å². The van der Waals surface area contributed by atoms with Gasteiger partial charge >= 0.3 is 12.0 Å². The van der Waals surface area contributed by atoms with E-state index >= 15 is 0 Å². The molecule has 21 heavy (non-hydrogen) atoms. The predicted molar refractivity (Wildman–Crippen MR) is 77.8 cm³/mol. The Labute approximate surface area is 125 Å². The Morgan fingerprint density at radius 3 is 2.10 bits per heavy atom. The molecule has 1 heterocycles. The van der Waals surface area contributed by atoms with E-state index in [2.05, 4.69) is 10.6 Å². The summed E-state index contributed by atoms with van der Waals surface area (Å²) in [5.41, 5.74) is -0.568. The molecular weight excluding hydrogens is 274 g/mol. The van der Waals surface area contributed by atoms with Gasteiger partial charge in [0.25, 0.3) is 0 Å². The Kier molecular flexibility index (Phi) is 5.57. The molecule has 3 N–H and O–H groups in total. The Balaban J connectivity index is 2.58. The van der Waals surface area contributed by atoms with Crippen molar-refractivity contribution < 1.29 is 19.5 Å². The second kappa shape index (κ2) is 6.78. The fraction of sp³-hybridized carbons (Fsp3) is 0.786. The van der Waals surface area contributed by atoms with Crippen LogP contribution in [0.15, 0.2) is 0 Å². The second-order valence-electron chi connectivity index (χ2n) is 6.46. The van der Waals surface area contributed by atoms with Crippen molar-refractivity contribution in [3.05, 3.63) is 0 Å². The van der Waals surface area contributed by atoms with Gasteiger partial charge in [0.2, 0.25) is 5.91 Å². The van der Waals surface area contributed by atoms with Crippen LogP contribution in [0.5, 0.6) is 0 Å². The van der Waals surface area contributed by atoms with Crippen molar-refractivity contribution in [3.63, 3.8) is 0 Å². The Hall–Kier alpha value is -1.79. The number of carboxylic acid groups (broad SMARTS) is 1. The molecule has 120 valence electrons. The van der Waals surface area contributed by atoms with Crippen LogP contribution in [0, 0.1) is 11.3 Å². The fourth-order valence-corrected chi connectivity index (χ4v) is 2.41. The van der Waals surface area contributed by atoms with Gasteiger partial charge in [-0.2, -0.15) is 0 Å². The molecule has 1 unspecified atom stereocenters. The van der Waals surface area contributed by atoms with Gasteiger partial charge in [-0.15, -0.1) is 0 Å². The molecular formula is C14H25N3O4. The monoisotopic (exact) mass is 299 g/mol. The maximum atomic E-state index is 12.2. The SMILES string of the molecule is CNC(=O)C1CCN(C(=O)NC(C(=O)O)C(C)(C)C)CC1. The predicted octanol–water partition coefficient (Wildman–Crippen LogP) is 0.653. The molecule has 1 atom stereocenters. The Morgan fingerprint density at radius 2 is 1.71 bits per heavy atom. The summed E-state index contributed by atoms with van der Waals surface area (Å²) in [6, 6.07) is -1.32. The highest BCUT2D eigenvalue weighted by molar-refractivity contribution is 5.83. The van der Waals surface area contributed by atoms with Crippen molar-refractivity contribution in [2.45, 2.75) is 39.7 Å². The minimum atomic E-state index is -1.05. The number of likely N-dealkylation sites (tertiary alicyclic amines) is 1. The lowest BCUT2D eigenvalue weighted by molar-refractivity contribution is -0.142. The van der Waals surface area contributed by atoms with Gasteiger partial charge in [-0.25, -0.2) is 9.59 Å². The van der Waals surface area contributed by atoms with Crippen LogP contribution in [0.4, 0.5) is 4.79 Å². The van der Waals surface area contributed by atoms with Gasteiger partial charge in [-0.1, -0.05) is 20.8 Å². The largest absolute Gasteiger partial charge is 0.480 e. The number of hydrogen-bond acceptors (Lipinski definition) is 3. The lowest BCUT2D eigenvalue weighted by Crippen LogP contribution is -2.55. The zero-order chi connectivity index (χ0) is 16.2. The topological polar surface area (TPSA) is 98.7 Å². The van der Waals surface area contributed by atoms with Crippen LogP contribution in [0.25, 0.3) is 0 Å². The molecule has 1 aliphatic rings. The number of nitrogens with zero attached hydrogens (tertiary/aromatic N) is 1. The number of amides is 3. The number of urea groups is 1. The molecule has 0 aliphatic carbocycles. The first-order valence-electron chi connectivity index (χ1n) is 7.16. The van der Waals surface area contributed by atoms with Crippen LogP contribution in [0.1, 0.15) is 33.6 Å². The molecule has 1 saturated heterocycles. The minimum absolute atomic E-state index is 0.00633.